The number of hydrogen-bond donors (Lipinski definition) is 1. The topological polar surface area (TPSA) is 54.5 Å². The second-order valence-electron chi connectivity index (χ2n) is 4.68. The molecule has 5 nitrogen and oxygen atoms in total. The van der Waals surface area contributed by atoms with Crippen molar-refractivity contribution in [1.82, 2.24) is 4.98 Å². The number of carbonyl (C=O) groups is 1. The van der Waals surface area contributed by atoms with Crippen molar-refractivity contribution in [1.29, 1.82) is 0 Å². The molecule has 2 heterocycles. The van der Waals surface area contributed by atoms with Gasteiger partial charge in [-0.25, -0.2) is 4.79 Å². The van der Waals surface area contributed by atoms with E-state index in [1.54, 1.807) is 11.1 Å². The first-order chi connectivity index (χ1) is 10.2. The van der Waals surface area contributed by atoms with E-state index in [1.165, 1.54) is 0 Å². The molecule has 1 N–H and O–H groups in total. The van der Waals surface area contributed by atoms with Gasteiger partial charge in [0, 0.05) is 34.8 Å². The summed E-state index contributed by atoms with van der Waals surface area (Å²) in [5, 5.41) is 3.33. The third-order valence-corrected chi connectivity index (χ3v) is 3.61. The molecular formula is C15H14BrN3O2. The molecule has 1 aromatic carbocycles. The molecule has 0 spiro atoms. The van der Waals surface area contributed by atoms with Crippen LogP contribution in [0.2, 0.25) is 0 Å². The van der Waals surface area contributed by atoms with Crippen LogP contribution in [-0.4, -0.2) is 24.2 Å². The third-order valence-electron chi connectivity index (χ3n) is 3.18. The summed E-state index contributed by atoms with van der Waals surface area (Å²) in [7, 11) is 0. The minimum absolute atomic E-state index is 0.289. The van der Waals surface area contributed by atoms with Crippen molar-refractivity contribution in [2.45, 2.75) is 6.54 Å². The van der Waals surface area contributed by atoms with E-state index in [0.717, 1.165) is 21.4 Å². The van der Waals surface area contributed by atoms with E-state index in [4.69, 9.17) is 4.74 Å². The first-order valence-corrected chi connectivity index (χ1v) is 7.39. The summed E-state index contributed by atoms with van der Waals surface area (Å²) < 4.78 is 5.91. The van der Waals surface area contributed by atoms with E-state index in [0.29, 0.717) is 19.7 Å². The zero-order chi connectivity index (χ0) is 14.7. The number of nitrogens with zero attached hydrogens (tertiary/aromatic N) is 2. The zero-order valence-corrected chi connectivity index (χ0v) is 12.8. The number of cyclic esters (lactones) is 1. The lowest BCUT2D eigenvalue weighted by atomic mass is 10.2. The van der Waals surface area contributed by atoms with Gasteiger partial charge in [0.05, 0.1) is 6.54 Å². The number of halogens is 1. The molecule has 0 radical (unpaired) electrons. The summed E-state index contributed by atoms with van der Waals surface area (Å²) >= 11 is 3.40. The molecule has 1 fully saturated rings. The van der Waals surface area contributed by atoms with Crippen LogP contribution in [0.1, 0.15) is 5.56 Å². The van der Waals surface area contributed by atoms with Crippen molar-refractivity contribution in [3.63, 3.8) is 0 Å². The molecule has 21 heavy (non-hydrogen) atoms. The monoisotopic (exact) mass is 347 g/mol. The second kappa shape index (κ2) is 6.13. The van der Waals surface area contributed by atoms with E-state index in [-0.39, 0.29) is 6.09 Å². The molecule has 0 bridgehead atoms. The lowest BCUT2D eigenvalue weighted by molar-refractivity contribution is 0.181. The number of nitrogens with one attached hydrogen (secondary N) is 1. The van der Waals surface area contributed by atoms with Crippen LogP contribution in [0.5, 0.6) is 0 Å². The molecule has 0 unspecified atom stereocenters. The molecule has 6 heteroatoms. The fourth-order valence-electron chi connectivity index (χ4n) is 2.17. The van der Waals surface area contributed by atoms with Gasteiger partial charge in [0.1, 0.15) is 6.61 Å². The van der Waals surface area contributed by atoms with Gasteiger partial charge in [-0.1, -0.05) is 6.07 Å². The summed E-state index contributed by atoms with van der Waals surface area (Å²) in [5.41, 5.74) is 2.87. The van der Waals surface area contributed by atoms with Gasteiger partial charge in [-0.05, 0) is 45.8 Å². The number of amides is 1. The number of anilines is 2. The quantitative estimate of drug-likeness (QED) is 0.920. The molecule has 1 saturated heterocycles. The molecule has 2 aromatic rings. The Morgan fingerprint density at radius 2 is 2.24 bits per heavy atom. The lowest BCUT2D eigenvalue weighted by Gasteiger charge is -2.14. The maximum Gasteiger partial charge on any atom is 0.414 e. The van der Waals surface area contributed by atoms with Crippen LogP contribution in [-0.2, 0) is 11.3 Å². The largest absolute Gasteiger partial charge is 0.447 e. The van der Waals surface area contributed by atoms with E-state index >= 15 is 0 Å². The first-order valence-electron chi connectivity index (χ1n) is 6.60. The van der Waals surface area contributed by atoms with Crippen LogP contribution in [0, 0.1) is 0 Å². The maximum atomic E-state index is 11.6. The van der Waals surface area contributed by atoms with Crippen molar-refractivity contribution in [2.24, 2.45) is 0 Å². The number of rotatable bonds is 4. The minimum Gasteiger partial charge on any atom is -0.447 e. The second-order valence-corrected chi connectivity index (χ2v) is 5.60. The number of hydrogen-bond acceptors (Lipinski definition) is 4. The Kier molecular flexibility index (Phi) is 4.06. The molecule has 108 valence electrons. The van der Waals surface area contributed by atoms with Gasteiger partial charge in [-0.2, -0.15) is 0 Å². The van der Waals surface area contributed by atoms with Crippen molar-refractivity contribution in [2.75, 3.05) is 23.4 Å². The lowest BCUT2D eigenvalue weighted by Crippen LogP contribution is -2.23. The highest BCUT2D eigenvalue weighted by Gasteiger charge is 2.23. The minimum atomic E-state index is -0.289. The van der Waals surface area contributed by atoms with E-state index in [2.05, 4.69) is 26.2 Å². The molecule has 1 aliphatic rings. The predicted octanol–water partition coefficient (Wildman–Crippen LogP) is 3.41. The Hall–Kier alpha value is -2.08. The van der Waals surface area contributed by atoms with Crippen LogP contribution in [0.15, 0.2) is 47.2 Å². The molecular weight excluding hydrogens is 334 g/mol. The highest BCUT2D eigenvalue weighted by molar-refractivity contribution is 9.10. The van der Waals surface area contributed by atoms with Crippen LogP contribution in [0.25, 0.3) is 0 Å². The van der Waals surface area contributed by atoms with Gasteiger partial charge in [-0.3, -0.25) is 9.88 Å². The van der Waals surface area contributed by atoms with E-state index in [9.17, 15) is 4.79 Å². The van der Waals surface area contributed by atoms with Gasteiger partial charge in [0.25, 0.3) is 0 Å². The zero-order valence-electron chi connectivity index (χ0n) is 11.3. The van der Waals surface area contributed by atoms with Crippen molar-refractivity contribution < 1.29 is 9.53 Å². The molecule has 0 atom stereocenters. The highest BCUT2D eigenvalue weighted by Crippen LogP contribution is 2.23. The van der Waals surface area contributed by atoms with Gasteiger partial charge in [0.2, 0.25) is 0 Å². The predicted molar refractivity (Wildman–Crippen MR) is 84.4 cm³/mol. The maximum absolute atomic E-state index is 11.6. The number of benzene rings is 1. The van der Waals surface area contributed by atoms with E-state index < -0.39 is 0 Å². The van der Waals surface area contributed by atoms with Crippen LogP contribution < -0.4 is 10.2 Å². The van der Waals surface area contributed by atoms with Crippen LogP contribution in [0.4, 0.5) is 16.2 Å². The first kappa shape index (κ1) is 13.9. The molecule has 1 aromatic heterocycles. The Morgan fingerprint density at radius 3 is 3.00 bits per heavy atom. The van der Waals surface area contributed by atoms with Crippen LogP contribution >= 0.6 is 15.9 Å². The average molecular weight is 348 g/mol. The van der Waals surface area contributed by atoms with Crippen molar-refractivity contribution >= 4 is 33.4 Å². The fourth-order valence-corrected chi connectivity index (χ4v) is 2.58. The van der Waals surface area contributed by atoms with E-state index in [1.807, 2.05) is 36.5 Å². The Balaban J connectivity index is 1.70. The molecule has 0 saturated carbocycles. The Morgan fingerprint density at radius 1 is 1.33 bits per heavy atom. The summed E-state index contributed by atoms with van der Waals surface area (Å²) in [6.45, 7) is 1.71. The van der Waals surface area contributed by atoms with Crippen molar-refractivity contribution in [3.8, 4) is 0 Å². The summed E-state index contributed by atoms with van der Waals surface area (Å²) in [4.78, 5) is 17.3. The summed E-state index contributed by atoms with van der Waals surface area (Å²) in [6.07, 6.45) is 3.28. The Labute approximate surface area is 131 Å². The molecule has 1 aliphatic heterocycles. The normalized spacial score (nSPS) is 14.1. The standard InChI is InChI=1S/C15H14BrN3O2/c16-12-6-11(8-17-10-12)9-18-13-2-1-3-14(7-13)19-4-5-21-15(19)20/h1-3,6-8,10,18H,4-5,9H2. The number of ether oxygens (including phenoxy) is 1. The number of pyridine rings is 1. The average Bonchev–Trinajstić information content (AvgIpc) is 2.92. The smallest absolute Gasteiger partial charge is 0.414 e. The van der Waals surface area contributed by atoms with Gasteiger partial charge >= 0.3 is 6.09 Å². The summed E-state index contributed by atoms with van der Waals surface area (Å²) in [6, 6.07) is 9.75. The highest BCUT2D eigenvalue weighted by atomic mass is 79.9. The fraction of sp³-hybridized carbons (Fsp3) is 0.200. The van der Waals surface area contributed by atoms with Gasteiger partial charge < -0.3 is 10.1 Å². The Bertz CT molecular complexity index is 663. The SMILES string of the molecule is O=C1OCCN1c1cccc(NCc2cncc(Br)c2)c1. The molecule has 3 rings (SSSR count). The summed E-state index contributed by atoms with van der Waals surface area (Å²) in [5.74, 6) is 0. The third kappa shape index (κ3) is 3.33. The van der Waals surface area contributed by atoms with Gasteiger partial charge in [0.15, 0.2) is 0 Å². The van der Waals surface area contributed by atoms with Crippen molar-refractivity contribution in [3.05, 3.63) is 52.8 Å². The molecule has 0 aliphatic carbocycles. The number of aromatic nitrogens is 1. The molecule has 1 amide bonds. The van der Waals surface area contributed by atoms with Crippen LogP contribution in [0.3, 0.4) is 0 Å². The number of carbonyl (C=O) groups excluding carboxylic acids is 1. The van der Waals surface area contributed by atoms with Gasteiger partial charge in [-0.15, -0.1) is 0 Å².